The molecule has 1 aromatic heterocycles. The van der Waals surface area contributed by atoms with E-state index in [-0.39, 0.29) is 18.5 Å². The topological polar surface area (TPSA) is 93.2 Å². The van der Waals surface area contributed by atoms with E-state index in [0.717, 1.165) is 34.2 Å². The Labute approximate surface area is 217 Å². The summed E-state index contributed by atoms with van der Waals surface area (Å²) in [6.07, 6.45) is 0.839. The second-order valence-corrected chi connectivity index (χ2v) is 9.17. The molecule has 37 heavy (non-hydrogen) atoms. The highest BCUT2D eigenvalue weighted by molar-refractivity contribution is 5.80. The van der Waals surface area contributed by atoms with Crippen LogP contribution in [0.1, 0.15) is 38.3 Å². The molecule has 0 amide bonds. The number of aromatic amines is 1. The molecule has 192 valence electrons. The number of carbonyl (C=O) groups is 1. The van der Waals surface area contributed by atoms with Crippen molar-refractivity contribution in [3.63, 3.8) is 0 Å². The number of hydrogen-bond acceptors (Lipinski definition) is 7. The number of H-pyrrole nitrogens is 1. The zero-order valence-electron chi connectivity index (χ0n) is 21.5. The molecule has 8 heteroatoms. The lowest BCUT2D eigenvalue weighted by Crippen LogP contribution is -2.45. The van der Waals surface area contributed by atoms with E-state index in [9.17, 15) is 4.79 Å². The lowest BCUT2D eigenvalue weighted by atomic mass is 9.98. The lowest BCUT2D eigenvalue weighted by Gasteiger charge is -2.31. The molecule has 1 heterocycles. The summed E-state index contributed by atoms with van der Waals surface area (Å²) >= 11 is 0. The van der Waals surface area contributed by atoms with Crippen LogP contribution in [-0.4, -0.2) is 44.3 Å². The number of benzene rings is 3. The van der Waals surface area contributed by atoms with E-state index in [1.54, 1.807) is 5.06 Å². The summed E-state index contributed by atoms with van der Waals surface area (Å²) in [6.45, 7) is 7.27. The van der Waals surface area contributed by atoms with Crippen LogP contribution in [0.4, 0.5) is 0 Å². The van der Waals surface area contributed by atoms with Crippen LogP contribution in [0.15, 0.2) is 78.9 Å². The Morgan fingerprint density at radius 3 is 2.27 bits per heavy atom. The summed E-state index contributed by atoms with van der Waals surface area (Å²) in [5.74, 6) is 0.259. The molecule has 8 nitrogen and oxygen atoms in total. The van der Waals surface area contributed by atoms with Gasteiger partial charge in [0, 0.05) is 5.56 Å². The van der Waals surface area contributed by atoms with Crippen LogP contribution in [0.25, 0.3) is 22.5 Å². The summed E-state index contributed by atoms with van der Waals surface area (Å²) in [4.78, 5) is 19.3. The van der Waals surface area contributed by atoms with Crippen LogP contribution in [0.3, 0.4) is 0 Å². The molecule has 0 saturated carbocycles. The minimum Gasteiger partial charge on any atom is -0.460 e. The van der Waals surface area contributed by atoms with Gasteiger partial charge in [0.2, 0.25) is 5.82 Å². The third-order valence-corrected chi connectivity index (χ3v) is 5.99. The highest BCUT2D eigenvalue weighted by Gasteiger charge is 2.31. The highest BCUT2D eigenvalue weighted by Crippen LogP contribution is 2.30. The van der Waals surface area contributed by atoms with Gasteiger partial charge in [0.05, 0.1) is 13.2 Å². The van der Waals surface area contributed by atoms with Crippen molar-refractivity contribution in [1.29, 1.82) is 0 Å². The monoisotopic (exact) mass is 499 g/mol. The van der Waals surface area contributed by atoms with E-state index < -0.39 is 6.04 Å². The maximum Gasteiger partial charge on any atom is 0.326 e. The van der Waals surface area contributed by atoms with Gasteiger partial charge in [0.25, 0.3) is 0 Å². The first-order valence-corrected chi connectivity index (χ1v) is 12.6. The lowest BCUT2D eigenvalue weighted by molar-refractivity contribution is -0.215. The van der Waals surface area contributed by atoms with E-state index in [1.165, 1.54) is 0 Å². The van der Waals surface area contributed by atoms with Gasteiger partial charge in [0.1, 0.15) is 12.6 Å². The van der Waals surface area contributed by atoms with Crippen molar-refractivity contribution < 1.29 is 14.4 Å². The molecule has 0 aliphatic carbocycles. The van der Waals surface area contributed by atoms with Crippen molar-refractivity contribution in [2.75, 3.05) is 6.61 Å². The predicted molar refractivity (Wildman–Crippen MR) is 142 cm³/mol. The SMILES string of the molecule is CCCON(Cc1ccc(-c2ccccc2-c2nn[nH]n2)cc1)[C@H](C(=O)OCc1ccccc1)C(C)C. The van der Waals surface area contributed by atoms with Crippen LogP contribution in [0, 0.1) is 5.92 Å². The summed E-state index contributed by atoms with van der Waals surface area (Å²) in [5, 5.41) is 16.2. The van der Waals surface area contributed by atoms with Gasteiger partial charge in [-0.3, -0.25) is 9.63 Å². The number of nitrogens with one attached hydrogen (secondary N) is 1. The first-order valence-electron chi connectivity index (χ1n) is 12.6. The molecule has 4 aromatic rings. The Kier molecular flexibility index (Phi) is 9.13. The van der Waals surface area contributed by atoms with E-state index >= 15 is 0 Å². The number of hydroxylamine groups is 2. The van der Waals surface area contributed by atoms with Crippen molar-refractivity contribution in [2.24, 2.45) is 5.92 Å². The van der Waals surface area contributed by atoms with E-state index in [2.05, 4.69) is 44.9 Å². The summed E-state index contributed by atoms with van der Waals surface area (Å²) < 4.78 is 5.70. The molecule has 4 rings (SSSR count). The molecule has 0 aliphatic rings. The largest absolute Gasteiger partial charge is 0.460 e. The quantitative estimate of drug-likeness (QED) is 0.205. The average Bonchev–Trinajstić information content (AvgIpc) is 3.46. The Bertz CT molecular complexity index is 1240. The Morgan fingerprint density at radius 2 is 1.62 bits per heavy atom. The Balaban J connectivity index is 1.51. The van der Waals surface area contributed by atoms with Crippen molar-refractivity contribution >= 4 is 5.97 Å². The predicted octanol–water partition coefficient (Wildman–Crippen LogP) is 5.45. The summed E-state index contributed by atoms with van der Waals surface area (Å²) in [7, 11) is 0. The van der Waals surface area contributed by atoms with Crippen molar-refractivity contribution in [2.45, 2.75) is 46.4 Å². The number of tetrazole rings is 1. The number of carbonyl (C=O) groups excluding carboxylic acids is 1. The molecule has 0 radical (unpaired) electrons. The molecule has 0 unspecified atom stereocenters. The minimum atomic E-state index is -0.533. The molecular weight excluding hydrogens is 466 g/mol. The zero-order chi connectivity index (χ0) is 26.0. The number of esters is 1. The number of rotatable bonds is 12. The molecule has 1 N–H and O–H groups in total. The Morgan fingerprint density at radius 1 is 0.919 bits per heavy atom. The maximum atomic E-state index is 13.2. The van der Waals surface area contributed by atoms with Crippen molar-refractivity contribution in [3.8, 4) is 22.5 Å². The van der Waals surface area contributed by atoms with Gasteiger partial charge >= 0.3 is 5.97 Å². The maximum absolute atomic E-state index is 13.2. The molecule has 0 bridgehead atoms. The van der Waals surface area contributed by atoms with Crippen LogP contribution >= 0.6 is 0 Å². The van der Waals surface area contributed by atoms with Crippen LogP contribution in [0.2, 0.25) is 0 Å². The first-order chi connectivity index (χ1) is 18.1. The fourth-order valence-electron chi connectivity index (χ4n) is 4.14. The normalized spacial score (nSPS) is 12.1. The van der Waals surface area contributed by atoms with Crippen LogP contribution in [0.5, 0.6) is 0 Å². The smallest absolute Gasteiger partial charge is 0.326 e. The van der Waals surface area contributed by atoms with Crippen LogP contribution in [-0.2, 0) is 27.5 Å². The fourth-order valence-corrected chi connectivity index (χ4v) is 4.14. The van der Waals surface area contributed by atoms with Gasteiger partial charge in [-0.25, -0.2) is 0 Å². The van der Waals surface area contributed by atoms with Gasteiger partial charge in [-0.2, -0.15) is 10.3 Å². The van der Waals surface area contributed by atoms with E-state index in [1.807, 2.05) is 75.4 Å². The number of hydrogen-bond donors (Lipinski definition) is 1. The minimum absolute atomic E-state index is 0.00115. The second-order valence-electron chi connectivity index (χ2n) is 9.17. The van der Waals surface area contributed by atoms with E-state index in [4.69, 9.17) is 9.57 Å². The molecule has 0 spiro atoms. The molecular formula is C29H33N5O3. The molecule has 1 atom stereocenters. The van der Waals surface area contributed by atoms with Crippen LogP contribution < -0.4 is 0 Å². The third kappa shape index (κ3) is 6.87. The fraction of sp³-hybridized carbons (Fsp3) is 0.310. The third-order valence-electron chi connectivity index (χ3n) is 5.99. The average molecular weight is 500 g/mol. The summed E-state index contributed by atoms with van der Waals surface area (Å²) in [6, 6.07) is 25.3. The van der Waals surface area contributed by atoms with Gasteiger partial charge in [-0.15, -0.1) is 10.2 Å². The molecule has 3 aromatic carbocycles. The number of ether oxygens (including phenoxy) is 1. The van der Waals surface area contributed by atoms with Crippen molar-refractivity contribution in [3.05, 3.63) is 90.0 Å². The van der Waals surface area contributed by atoms with E-state index in [0.29, 0.717) is 19.0 Å². The highest BCUT2D eigenvalue weighted by atomic mass is 16.7. The molecule has 0 saturated heterocycles. The second kappa shape index (κ2) is 12.9. The Hall–Kier alpha value is -3.88. The standard InChI is InChI=1S/C29H33N5O3/c1-4-18-37-34(27(21(2)3)29(35)36-20-23-10-6-5-7-11-23)19-22-14-16-24(17-15-22)25-12-8-9-13-26(25)28-30-32-33-31-28/h5-17,21,27H,4,18-20H2,1-3H3,(H,30,31,32,33)/t27-/m0/s1. The van der Waals surface area contributed by atoms with Gasteiger partial charge in [0.15, 0.2) is 0 Å². The summed E-state index contributed by atoms with van der Waals surface area (Å²) in [5.41, 5.74) is 4.93. The van der Waals surface area contributed by atoms with Gasteiger partial charge in [-0.1, -0.05) is 99.6 Å². The molecule has 0 aliphatic heterocycles. The zero-order valence-corrected chi connectivity index (χ0v) is 21.5. The van der Waals surface area contributed by atoms with Gasteiger partial charge < -0.3 is 4.74 Å². The first kappa shape index (κ1) is 26.2. The number of nitrogens with zero attached hydrogens (tertiary/aromatic N) is 4. The molecule has 0 fully saturated rings. The van der Waals surface area contributed by atoms with Gasteiger partial charge in [-0.05, 0) is 39.8 Å². The number of aromatic nitrogens is 4. The van der Waals surface area contributed by atoms with Crippen molar-refractivity contribution in [1.82, 2.24) is 25.7 Å².